The summed E-state index contributed by atoms with van der Waals surface area (Å²) in [5, 5.41) is 3.56. The van der Waals surface area contributed by atoms with Crippen molar-refractivity contribution < 1.29 is 14.3 Å². The highest BCUT2D eigenvalue weighted by Gasteiger charge is 2.23. The zero-order valence-electron chi connectivity index (χ0n) is 11.0. The number of anilines is 2. The highest BCUT2D eigenvalue weighted by molar-refractivity contribution is 7.19. The molecule has 2 amide bonds. The van der Waals surface area contributed by atoms with Crippen molar-refractivity contribution in [2.24, 2.45) is 11.5 Å². The van der Waals surface area contributed by atoms with Gasteiger partial charge in [-0.15, -0.1) is 11.3 Å². The molecule has 0 aromatic carbocycles. The van der Waals surface area contributed by atoms with Crippen molar-refractivity contribution in [3.8, 4) is 0 Å². The number of hydrogen-bond acceptors (Lipinski definition) is 6. The largest absolute Gasteiger partial charge is 0.397 e. The molecule has 0 bridgehead atoms. The van der Waals surface area contributed by atoms with Crippen LogP contribution in [-0.4, -0.2) is 31.1 Å². The maximum atomic E-state index is 11.5. The fourth-order valence-corrected chi connectivity index (χ4v) is 3.16. The lowest BCUT2D eigenvalue weighted by molar-refractivity contribution is 0.0248. The van der Waals surface area contributed by atoms with E-state index in [1.54, 1.807) is 0 Å². The number of hydrogen-bond donors (Lipinski definition) is 4. The Morgan fingerprint density at radius 3 is 2.60 bits per heavy atom. The third kappa shape index (κ3) is 3.02. The molecule has 1 fully saturated rings. The van der Waals surface area contributed by atoms with Gasteiger partial charge < -0.3 is 27.3 Å². The molecule has 110 valence electrons. The summed E-state index contributed by atoms with van der Waals surface area (Å²) in [6, 6.07) is 0. The standard InChI is InChI=1S/C12H18N4O3S/c13-8-7(10(14)17)12(20-9(8)11(15)18)16-5-6-3-1-2-4-19-6/h6,16H,1-5,13H2,(H2,14,17)(H2,15,18). The number of amides is 2. The van der Waals surface area contributed by atoms with Gasteiger partial charge in [-0.3, -0.25) is 9.59 Å². The molecule has 1 saturated heterocycles. The molecule has 0 aliphatic carbocycles. The van der Waals surface area contributed by atoms with Gasteiger partial charge in [0.05, 0.1) is 17.4 Å². The van der Waals surface area contributed by atoms with Gasteiger partial charge in [0.15, 0.2) is 0 Å². The van der Waals surface area contributed by atoms with Gasteiger partial charge in [0, 0.05) is 13.2 Å². The van der Waals surface area contributed by atoms with Crippen LogP contribution < -0.4 is 22.5 Å². The molecule has 1 aromatic heterocycles. The van der Waals surface area contributed by atoms with E-state index in [1.165, 1.54) is 0 Å². The summed E-state index contributed by atoms with van der Waals surface area (Å²) in [6.45, 7) is 1.28. The quantitative estimate of drug-likeness (QED) is 0.628. The Balaban J connectivity index is 2.15. The van der Waals surface area contributed by atoms with Crippen LogP contribution in [0, 0.1) is 0 Å². The Labute approximate surface area is 120 Å². The fourth-order valence-electron chi connectivity index (χ4n) is 2.17. The molecular weight excluding hydrogens is 280 g/mol. The minimum absolute atomic E-state index is 0.0436. The van der Waals surface area contributed by atoms with Gasteiger partial charge in [-0.25, -0.2) is 0 Å². The van der Waals surface area contributed by atoms with Gasteiger partial charge in [0.25, 0.3) is 11.8 Å². The number of thiophene rings is 1. The molecule has 8 heteroatoms. The summed E-state index contributed by atoms with van der Waals surface area (Å²) in [7, 11) is 0. The number of primary amides is 2. The molecule has 2 rings (SSSR count). The zero-order chi connectivity index (χ0) is 14.7. The Morgan fingerprint density at radius 2 is 2.05 bits per heavy atom. The first-order valence-corrected chi connectivity index (χ1v) is 7.19. The summed E-state index contributed by atoms with van der Waals surface area (Å²) in [4.78, 5) is 22.9. The number of ether oxygens (including phenoxy) is 1. The SMILES string of the molecule is NC(=O)c1sc(NCC2CCCCO2)c(C(N)=O)c1N. The highest BCUT2D eigenvalue weighted by atomic mass is 32.1. The maximum Gasteiger partial charge on any atom is 0.260 e. The van der Waals surface area contributed by atoms with Gasteiger partial charge in [0.2, 0.25) is 0 Å². The smallest absolute Gasteiger partial charge is 0.260 e. The van der Waals surface area contributed by atoms with Crippen molar-refractivity contribution in [3.05, 3.63) is 10.4 Å². The zero-order valence-corrected chi connectivity index (χ0v) is 11.8. The van der Waals surface area contributed by atoms with E-state index in [4.69, 9.17) is 21.9 Å². The van der Waals surface area contributed by atoms with E-state index in [-0.39, 0.29) is 22.2 Å². The van der Waals surface area contributed by atoms with E-state index in [9.17, 15) is 9.59 Å². The molecule has 7 N–H and O–H groups in total. The average Bonchev–Trinajstić information content (AvgIpc) is 2.75. The molecule has 1 aliphatic rings. The van der Waals surface area contributed by atoms with Crippen LogP contribution in [0.15, 0.2) is 0 Å². The van der Waals surface area contributed by atoms with E-state index in [2.05, 4.69) is 5.32 Å². The first-order chi connectivity index (χ1) is 9.50. The van der Waals surface area contributed by atoms with Crippen molar-refractivity contribution in [2.45, 2.75) is 25.4 Å². The molecule has 1 unspecified atom stereocenters. The molecule has 0 radical (unpaired) electrons. The molecule has 1 aromatic rings. The van der Waals surface area contributed by atoms with Crippen LogP contribution in [-0.2, 0) is 4.74 Å². The summed E-state index contributed by atoms with van der Waals surface area (Å²) in [6.07, 6.45) is 3.24. The Kier molecular flexibility index (Phi) is 4.46. The van der Waals surface area contributed by atoms with Crippen LogP contribution in [0.2, 0.25) is 0 Å². The second-order valence-electron chi connectivity index (χ2n) is 4.65. The van der Waals surface area contributed by atoms with Gasteiger partial charge in [0.1, 0.15) is 9.88 Å². The predicted octanol–water partition coefficient (Wildman–Crippen LogP) is 0.509. The van der Waals surface area contributed by atoms with Gasteiger partial charge in [-0.1, -0.05) is 0 Å². The van der Waals surface area contributed by atoms with E-state index < -0.39 is 11.8 Å². The van der Waals surface area contributed by atoms with Crippen LogP contribution in [0.3, 0.4) is 0 Å². The van der Waals surface area contributed by atoms with Crippen LogP contribution in [0.25, 0.3) is 0 Å². The van der Waals surface area contributed by atoms with Crippen molar-refractivity contribution >= 4 is 33.8 Å². The molecule has 7 nitrogen and oxygen atoms in total. The molecule has 2 heterocycles. The van der Waals surface area contributed by atoms with Crippen molar-refractivity contribution in [1.82, 2.24) is 0 Å². The second-order valence-corrected chi connectivity index (χ2v) is 5.67. The Bertz CT molecular complexity index is 523. The molecule has 1 atom stereocenters. The molecule has 20 heavy (non-hydrogen) atoms. The second kappa shape index (κ2) is 6.10. The average molecular weight is 298 g/mol. The van der Waals surface area contributed by atoms with Gasteiger partial charge in [-0.2, -0.15) is 0 Å². The maximum absolute atomic E-state index is 11.5. The first-order valence-electron chi connectivity index (χ1n) is 6.38. The number of nitrogens with one attached hydrogen (secondary N) is 1. The number of nitrogens with two attached hydrogens (primary N) is 3. The lowest BCUT2D eigenvalue weighted by atomic mass is 10.1. The summed E-state index contributed by atoms with van der Waals surface area (Å²) in [5.74, 6) is -1.35. The van der Waals surface area contributed by atoms with Crippen LogP contribution in [0.1, 0.15) is 39.3 Å². The summed E-state index contributed by atoms with van der Waals surface area (Å²) in [5.41, 5.74) is 16.4. The lowest BCUT2D eigenvalue weighted by Crippen LogP contribution is -2.27. The van der Waals surface area contributed by atoms with Crippen LogP contribution in [0.4, 0.5) is 10.7 Å². The van der Waals surface area contributed by atoms with E-state index in [0.717, 1.165) is 37.2 Å². The van der Waals surface area contributed by atoms with Crippen LogP contribution in [0.5, 0.6) is 0 Å². The number of carbonyl (C=O) groups is 2. The Morgan fingerprint density at radius 1 is 1.30 bits per heavy atom. The molecular formula is C12H18N4O3S. The predicted molar refractivity (Wildman–Crippen MR) is 77.8 cm³/mol. The Hall–Kier alpha value is -1.80. The minimum atomic E-state index is -0.682. The number of carbonyl (C=O) groups excluding carboxylic acids is 2. The molecule has 0 spiro atoms. The number of rotatable bonds is 5. The third-order valence-corrected chi connectivity index (χ3v) is 4.36. The van der Waals surface area contributed by atoms with E-state index in [0.29, 0.717) is 11.5 Å². The monoisotopic (exact) mass is 298 g/mol. The number of nitrogen functional groups attached to an aromatic ring is 1. The first kappa shape index (κ1) is 14.6. The minimum Gasteiger partial charge on any atom is -0.397 e. The normalized spacial score (nSPS) is 18.7. The van der Waals surface area contributed by atoms with Crippen LogP contribution >= 0.6 is 11.3 Å². The molecule has 1 aliphatic heterocycles. The van der Waals surface area contributed by atoms with Crippen molar-refractivity contribution in [3.63, 3.8) is 0 Å². The third-order valence-electron chi connectivity index (χ3n) is 3.18. The van der Waals surface area contributed by atoms with Gasteiger partial charge in [-0.05, 0) is 19.3 Å². The summed E-state index contributed by atoms with van der Waals surface area (Å²) >= 11 is 1.04. The molecule has 0 saturated carbocycles. The fraction of sp³-hybridized carbons (Fsp3) is 0.500. The lowest BCUT2D eigenvalue weighted by Gasteiger charge is -2.23. The van der Waals surface area contributed by atoms with Crippen molar-refractivity contribution in [2.75, 3.05) is 24.2 Å². The topological polar surface area (TPSA) is 133 Å². The van der Waals surface area contributed by atoms with E-state index in [1.807, 2.05) is 0 Å². The summed E-state index contributed by atoms with van der Waals surface area (Å²) < 4.78 is 5.59. The van der Waals surface area contributed by atoms with Crippen molar-refractivity contribution in [1.29, 1.82) is 0 Å². The highest BCUT2D eigenvalue weighted by Crippen LogP contribution is 2.35. The van der Waals surface area contributed by atoms with Gasteiger partial charge >= 0.3 is 0 Å². The van der Waals surface area contributed by atoms with E-state index >= 15 is 0 Å².